The van der Waals surface area contributed by atoms with Gasteiger partial charge in [-0.2, -0.15) is 0 Å². The third-order valence-corrected chi connectivity index (χ3v) is 5.93. The first-order valence-electron chi connectivity index (χ1n) is 8.40. The first-order chi connectivity index (χ1) is 10.2. The lowest BCUT2D eigenvalue weighted by atomic mass is 9.50. The maximum absolute atomic E-state index is 10.6. The minimum absolute atomic E-state index is 0.454. The molecule has 0 spiro atoms. The van der Waals surface area contributed by atoms with E-state index in [1.165, 1.54) is 38.5 Å². The zero-order chi connectivity index (χ0) is 14.3. The lowest BCUT2D eigenvalue weighted by molar-refractivity contribution is -0.107. The Morgan fingerprint density at radius 2 is 1.76 bits per heavy atom. The van der Waals surface area contributed by atoms with Crippen LogP contribution in [0, 0.1) is 23.2 Å². The predicted octanol–water partition coefficient (Wildman–Crippen LogP) is 4.02. The predicted molar refractivity (Wildman–Crippen MR) is 82.3 cm³/mol. The number of aldehydes is 1. The lowest BCUT2D eigenvalue weighted by Crippen LogP contribution is -2.48. The second kappa shape index (κ2) is 5.15. The second-order valence-electron chi connectivity index (χ2n) is 7.72. The summed E-state index contributed by atoms with van der Waals surface area (Å²) in [5, 5.41) is 0. The third-order valence-electron chi connectivity index (χ3n) is 5.93. The number of rotatable bonds is 5. The molecule has 0 saturated heterocycles. The minimum Gasteiger partial charge on any atom is -0.493 e. The Bertz CT molecular complexity index is 499. The molecule has 2 heteroatoms. The van der Waals surface area contributed by atoms with Crippen LogP contribution < -0.4 is 4.74 Å². The molecule has 4 saturated carbocycles. The van der Waals surface area contributed by atoms with Gasteiger partial charge in [-0.1, -0.05) is 12.1 Å². The fourth-order valence-corrected chi connectivity index (χ4v) is 5.56. The number of benzene rings is 1. The summed E-state index contributed by atoms with van der Waals surface area (Å²) in [6.45, 7) is 0.876. The van der Waals surface area contributed by atoms with E-state index >= 15 is 0 Å². The van der Waals surface area contributed by atoms with E-state index in [2.05, 4.69) is 0 Å². The van der Waals surface area contributed by atoms with Crippen LogP contribution in [-0.4, -0.2) is 12.9 Å². The third kappa shape index (κ3) is 2.61. The number of ether oxygens (including phenoxy) is 1. The topological polar surface area (TPSA) is 26.3 Å². The lowest BCUT2D eigenvalue weighted by Gasteiger charge is -2.56. The zero-order valence-electron chi connectivity index (χ0n) is 12.6. The number of carbonyl (C=O) groups excluding carboxylic acids is 1. The van der Waals surface area contributed by atoms with Crippen molar-refractivity contribution in [2.24, 2.45) is 23.2 Å². The van der Waals surface area contributed by atoms with Crippen LogP contribution in [0.25, 0.3) is 0 Å². The molecule has 1 aromatic carbocycles. The summed E-state index contributed by atoms with van der Waals surface area (Å²) in [5.41, 5.74) is 1.50. The van der Waals surface area contributed by atoms with Gasteiger partial charge in [0.05, 0.1) is 6.61 Å². The van der Waals surface area contributed by atoms with Gasteiger partial charge in [-0.15, -0.1) is 0 Å². The van der Waals surface area contributed by atoms with Gasteiger partial charge in [0.25, 0.3) is 0 Å². The Kier molecular flexibility index (Phi) is 3.28. The molecule has 112 valence electrons. The number of hydrogen-bond acceptors (Lipinski definition) is 2. The monoisotopic (exact) mass is 284 g/mol. The molecule has 0 aliphatic heterocycles. The standard InChI is InChI=1S/C19H24O2/c20-5-4-14-2-1-3-18(9-14)21-13-19-10-15-6-16(11-19)8-17(7-15)12-19/h1-3,5,9,15-17H,4,6-8,10-13H2. The highest BCUT2D eigenvalue weighted by Gasteiger charge is 2.51. The number of carbonyl (C=O) groups is 1. The molecular weight excluding hydrogens is 260 g/mol. The average Bonchev–Trinajstić information content (AvgIpc) is 2.45. The first kappa shape index (κ1) is 13.4. The quantitative estimate of drug-likeness (QED) is 0.763. The van der Waals surface area contributed by atoms with E-state index in [4.69, 9.17) is 4.74 Å². The fraction of sp³-hybridized carbons (Fsp3) is 0.632. The van der Waals surface area contributed by atoms with Crippen molar-refractivity contribution in [1.29, 1.82) is 0 Å². The van der Waals surface area contributed by atoms with Gasteiger partial charge in [0.15, 0.2) is 0 Å². The van der Waals surface area contributed by atoms with Gasteiger partial charge in [0.2, 0.25) is 0 Å². The highest BCUT2D eigenvalue weighted by atomic mass is 16.5. The van der Waals surface area contributed by atoms with Crippen molar-refractivity contribution in [3.05, 3.63) is 29.8 Å². The van der Waals surface area contributed by atoms with E-state index in [0.29, 0.717) is 11.8 Å². The van der Waals surface area contributed by atoms with Crippen LogP contribution in [0.4, 0.5) is 0 Å². The zero-order valence-corrected chi connectivity index (χ0v) is 12.6. The van der Waals surface area contributed by atoms with Gasteiger partial charge in [-0.25, -0.2) is 0 Å². The average molecular weight is 284 g/mol. The maximum atomic E-state index is 10.6. The molecule has 2 nitrogen and oxygen atoms in total. The molecule has 1 aromatic rings. The van der Waals surface area contributed by atoms with E-state index in [1.807, 2.05) is 24.3 Å². The van der Waals surface area contributed by atoms with Crippen molar-refractivity contribution in [1.82, 2.24) is 0 Å². The van der Waals surface area contributed by atoms with Crippen molar-refractivity contribution in [2.45, 2.75) is 44.9 Å². The van der Waals surface area contributed by atoms with Gasteiger partial charge < -0.3 is 9.53 Å². The second-order valence-corrected chi connectivity index (χ2v) is 7.72. The van der Waals surface area contributed by atoms with Crippen molar-refractivity contribution >= 4 is 6.29 Å². The largest absolute Gasteiger partial charge is 0.493 e. The minimum atomic E-state index is 0.454. The SMILES string of the molecule is O=CCc1cccc(OCC23CC4CC(CC(C4)C2)C3)c1. The molecule has 0 amide bonds. The molecule has 4 aliphatic carbocycles. The summed E-state index contributed by atoms with van der Waals surface area (Å²) >= 11 is 0. The van der Waals surface area contributed by atoms with Gasteiger partial charge >= 0.3 is 0 Å². The summed E-state index contributed by atoms with van der Waals surface area (Å²) in [5.74, 6) is 3.86. The smallest absolute Gasteiger partial charge is 0.124 e. The van der Waals surface area contributed by atoms with Crippen molar-refractivity contribution in [2.75, 3.05) is 6.61 Å². The van der Waals surface area contributed by atoms with Gasteiger partial charge in [-0.3, -0.25) is 0 Å². The van der Waals surface area contributed by atoms with Crippen LogP contribution in [-0.2, 0) is 11.2 Å². The Morgan fingerprint density at radius 3 is 2.38 bits per heavy atom. The Balaban J connectivity index is 1.44. The van der Waals surface area contributed by atoms with Crippen molar-refractivity contribution in [3.8, 4) is 5.75 Å². The molecule has 4 fully saturated rings. The summed E-state index contributed by atoms with van der Waals surface area (Å²) < 4.78 is 6.16. The van der Waals surface area contributed by atoms with Crippen LogP contribution in [0.15, 0.2) is 24.3 Å². The molecule has 0 N–H and O–H groups in total. The molecular formula is C19H24O2. The van der Waals surface area contributed by atoms with Crippen molar-refractivity contribution < 1.29 is 9.53 Å². The molecule has 0 atom stereocenters. The Labute approximate surface area is 126 Å². The maximum Gasteiger partial charge on any atom is 0.124 e. The molecule has 5 rings (SSSR count). The van der Waals surface area contributed by atoms with E-state index in [-0.39, 0.29) is 0 Å². The van der Waals surface area contributed by atoms with Crippen LogP contribution in [0.1, 0.15) is 44.1 Å². The van der Waals surface area contributed by atoms with E-state index in [9.17, 15) is 4.79 Å². The summed E-state index contributed by atoms with van der Waals surface area (Å²) in [6.07, 6.45) is 10.0. The summed E-state index contributed by atoms with van der Waals surface area (Å²) in [6, 6.07) is 8.03. The molecule has 4 aliphatic rings. The highest BCUT2D eigenvalue weighted by Crippen LogP contribution is 2.60. The van der Waals surface area contributed by atoms with Crippen LogP contribution in [0.3, 0.4) is 0 Å². The highest BCUT2D eigenvalue weighted by molar-refractivity contribution is 5.55. The molecule has 21 heavy (non-hydrogen) atoms. The summed E-state index contributed by atoms with van der Waals surface area (Å²) in [4.78, 5) is 10.6. The van der Waals surface area contributed by atoms with E-state index in [1.54, 1.807) is 0 Å². The van der Waals surface area contributed by atoms with Gasteiger partial charge in [0.1, 0.15) is 12.0 Å². The first-order valence-corrected chi connectivity index (χ1v) is 8.40. The summed E-state index contributed by atoms with van der Waals surface area (Å²) in [7, 11) is 0. The molecule has 4 bridgehead atoms. The van der Waals surface area contributed by atoms with Crippen LogP contribution in [0.5, 0.6) is 5.75 Å². The molecule has 0 heterocycles. The Morgan fingerprint density at radius 1 is 1.10 bits per heavy atom. The van der Waals surface area contributed by atoms with E-state index < -0.39 is 0 Å². The Hall–Kier alpha value is -1.31. The number of hydrogen-bond donors (Lipinski definition) is 0. The molecule has 0 unspecified atom stereocenters. The van der Waals surface area contributed by atoms with E-state index in [0.717, 1.165) is 42.0 Å². The van der Waals surface area contributed by atoms with Gasteiger partial charge in [0, 0.05) is 11.8 Å². The van der Waals surface area contributed by atoms with Crippen LogP contribution in [0.2, 0.25) is 0 Å². The molecule has 0 radical (unpaired) electrons. The van der Waals surface area contributed by atoms with Gasteiger partial charge in [-0.05, 0) is 74.0 Å². The molecule has 0 aromatic heterocycles. The normalized spacial score (nSPS) is 36.7. The van der Waals surface area contributed by atoms with Crippen molar-refractivity contribution in [3.63, 3.8) is 0 Å². The fourth-order valence-electron chi connectivity index (χ4n) is 5.56. The van der Waals surface area contributed by atoms with Crippen LogP contribution >= 0.6 is 0 Å².